The molecule has 0 aliphatic carbocycles. The molecule has 34 heavy (non-hydrogen) atoms. The molecule has 0 aliphatic heterocycles. The summed E-state index contributed by atoms with van der Waals surface area (Å²) in [5.74, 6) is 0.412. The number of H-pyrrole nitrogens is 1. The molecule has 4 aromatic rings. The number of aromatic amines is 1. The Hall–Kier alpha value is -4.14. The van der Waals surface area contributed by atoms with E-state index in [0.717, 1.165) is 52.8 Å². The number of carboxylic acid groups (broad SMARTS) is 1. The predicted molar refractivity (Wildman–Crippen MR) is 126 cm³/mol. The maximum atomic E-state index is 11.1. The standard InChI is InChI=1S/C25H26N6O3/c1-3-4-9-22-21(25(27-16(2)26-22)34-15-23(32)33)14-17-10-12-18(13-11-17)19-7-5-6-8-20(19)24-28-30-31-29-24/h5-8,10-13H,3-4,9,14-15H2,1-2H3,(H,32,33)(H,28,29,30,31). The number of hydrogen-bond donors (Lipinski definition) is 2. The number of carbonyl (C=O) groups is 1. The van der Waals surface area contributed by atoms with Crippen molar-refractivity contribution in [2.75, 3.05) is 6.61 Å². The predicted octanol–water partition coefficient (Wildman–Crippen LogP) is 4.03. The van der Waals surface area contributed by atoms with Gasteiger partial charge in [0.15, 0.2) is 6.61 Å². The first-order chi connectivity index (χ1) is 16.5. The summed E-state index contributed by atoms with van der Waals surface area (Å²) >= 11 is 0. The first-order valence-electron chi connectivity index (χ1n) is 11.2. The molecule has 0 unspecified atom stereocenters. The lowest BCUT2D eigenvalue weighted by Crippen LogP contribution is -2.14. The highest BCUT2D eigenvalue weighted by molar-refractivity contribution is 5.80. The molecule has 9 nitrogen and oxygen atoms in total. The number of nitrogens with one attached hydrogen (secondary N) is 1. The Morgan fingerprint density at radius 2 is 1.82 bits per heavy atom. The molecule has 174 valence electrons. The number of aliphatic carboxylic acids is 1. The molecule has 2 aromatic heterocycles. The minimum atomic E-state index is -1.04. The van der Waals surface area contributed by atoms with Gasteiger partial charge in [0.2, 0.25) is 11.7 Å². The van der Waals surface area contributed by atoms with E-state index in [9.17, 15) is 4.79 Å². The summed E-state index contributed by atoms with van der Waals surface area (Å²) in [5, 5.41) is 23.5. The van der Waals surface area contributed by atoms with Gasteiger partial charge in [0.1, 0.15) is 5.82 Å². The molecule has 0 radical (unpaired) electrons. The molecule has 0 amide bonds. The summed E-state index contributed by atoms with van der Waals surface area (Å²) in [6.07, 6.45) is 3.34. The van der Waals surface area contributed by atoms with Crippen molar-refractivity contribution in [1.82, 2.24) is 30.6 Å². The second kappa shape index (κ2) is 10.7. The van der Waals surface area contributed by atoms with Crippen molar-refractivity contribution in [2.45, 2.75) is 39.5 Å². The Morgan fingerprint density at radius 3 is 2.50 bits per heavy atom. The Labute approximate surface area is 197 Å². The Morgan fingerprint density at radius 1 is 1.06 bits per heavy atom. The summed E-state index contributed by atoms with van der Waals surface area (Å²) < 4.78 is 5.55. The van der Waals surface area contributed by atoms with Gasteiger partial charge in [-0.15, -0.1) is 10.2 Å². The molecule has 0 spiro atoms. The van der Waals surface area contributed by atoms with E-state index in [1.807, 2.05) is 48.5 Å². The van der Waals surface area contributed by atoms with Crippen LogP contribution in [0.1, 0.15) is 42.4 Å². The van der Waals surface area contributed by atoms with Crippen LogP contribution in [0.4, 0.5) is 0 Å². The van der Waals surface area contributed by atoms with Crippen molar-refractivity contribution in [3.05, 3.63) is 71.2 Å². The monoisotopic (exact) mass is 458 g/mol. The number of nitrogens with zero attached hydrogens (tertiary/aromatic N) is 5. The van der Waals surface area contributed by atoms with Crippen LogP contribution >= 0.6 is 0 Å². The van der Waals surface area contributed by atoms with Crippen LogP contribution in [0.5, 0.6) is 5.88 Å². The van der Waals surface area contributed by atoms with Gasteiger partial charge in [-0.3, -0.25) is 0 Å². The SMILES string of the molecule is CCCCc1nc(C)nc(OCC(=O)O)c1Cc1ccc(-c2ccccc2-c2nn[nH]n2)cc1. The number of ether oxygens (including phenoxy) is 1. The summed E-state index contributed by atoms with van der Waals surface area (Å²) in [4.78, 5) is 20.1. The van der Waals surface area contributed by atoms with Gasteiger partial charge >= 0.3 is 5.97 Å². The molecule has 2 heterocycles. The summed E-state index contributed by atoms with van der Waals surface area (Å²) in [7, 11) is 0. The van der Waals surface area contributed by atoms with Crippen molar-refractivity contribution < 1.29 is 14.6 Å². The second-order valence-electron chi connectivity index (χ2n) is 7.94. The number of aryl methyl sites for hydroxylation is 2. The first kappa shape index (κ1) is 23.0. The third kappa shape index (κ3) is 5.43. The highest BCUT2D eigenvalue weighted by Crippen LogP contribution is 2.31. The zero-order chi connectivity index (χ0) is 23.9. The van der Waals surface area contributed by atoms with E-state index < -0.39 is 12.6 Å². The third-order valence-electron chi connectivity index (χ3n) is 5.43. The Kier molecular flexibility index (Phi) is 7.22. The van der Waals surface area contributed by atoms with Crippen molar-refractivity contribution in [2.24, 2.45) is 0 Å². The van der Waals surface area contributed by atoms with Crippen molar-refractivity contribution in [1.29, 1.82) is 0 Å². The molecule has 0 atom stereocenters. The molecule has 2 N–H and O–H groups in total. The van der Waals surface area contributed by atoms with Gasteiger partial charge in [-0.2, -0.15) is 10.2 Å². The molecule has 2 aromatic carbocycles. The molecular weight excluding hydrogens is 432 g/mol. The van der Waals surface area contributed by atoms with E-state index in [4.69, 9.17) is 9.84 Å². The summed E-state index contributed by atoms with van der Waals surface area (Å²) in [6, 6.07) is 16.1. The first-order valence-corrected chi connectivity index (χ1v) is 11.2. The lowest BCUT2D eigenvalue weighted by molar-refractivity contribution is -0.139. The maximum Gasteiger partial charge on any atom is 0.341 e. The van der Waals surface area contributed by atoms with Crippen LogP contribution in [0.3, 0.4) is 0 Å². The fraction of sp³-hybridized carbons (Fsp3) is 0.280. The summed E-state index contributed by atoms with van der Waals surface area (Å²) in [6.45, 7) is 3.48. The van der Waals surface area contributed by atoms with E-state index in [0.29, 0.717) is 23.9 Å². The average Bonchev–Trinajstić information content (AvgIpc) is 3.38. The second-order valence-corrected chi connectivity index (χ2v) is 7.94. The number of hydrogen-bond acceptors (Lipinski definition) is 7. The normalized spacial score (nSPS) is 10.9. The van der Waals surface area contributed by atoms with Gasteiger partial charge in [-0.25, -0.2) is 9.78 Å². The largest absolute Gasteiger partial charge is 0.479 e. The Bertz CT molecular complexity index is 1260. The van der Waals surface area contributed by atoms with Crippen LogP contribution in [0, 0.1) is 6.92 Å². The minimum absolute atomic E-state index is 0.340. The lowest BCUT2D eigenvalue weighted by atomic mass is 9.96. The molecule has 0 fully saturated rings. The van der Waals surface area contributed by atoms with Gasteiger partial charge in [0, 0.05) is 17.5 Å². The van der Waals surface area contributed by atoms with Crippen LogP contribution in [-0.4, -0.2) is 48.3 Å². The van der Waals surface area contributed by atoms with E-state index in [1.165, 1.54) is 0 Å². The average molecular weight is 459 g/mol. The van der Waals surface area contributed by atoms with Crippen LogP contribution in [0.15, 0.2) is 48.5 Å². The number of carboxylic acids is 1. The quantitative estimate of drug-likeness (QED) is 0.365. The van der Waals surface area contributed by atoms with E-state index in [-0.39, 0.29) is 0 Å². The zero-order valence-corrected chi connectivity index (χ0v) is 19.2. The minimum Gasteiger partial charge on any atom is -0.479 e. The number of rotatable bonds is 10. The van der Waals surface area contributed by atoms with Gasteiger partial charge in [0.05, 0.1) is 5.69 Å². The van der Waals surface area contributed by atoms with Gasteiger partial charge in [0.25, 0.3) is 0 Å². The number of aromatic nitrogens is 6. The van der Waals surface area contributed by atoms with Gasteiger partial charge in [-0.05, 0) is 41.7 Å². The van der Waals surface area contributed by atoms with E-state index in [2.05, 4.69) is 37.5 Å². The van der Waals surface area contributed by atoms with Crippen molar-refractivity contribution in [3.8, 4) is 28.4 Å². The number of tetrazole rings is 1. The molecule has 0 bridgehead atoms. The zero-order valence-electron chi connectivity index (χ0n) is 19.2. The van der Waals surface area contributed by atoms with Crippen LogP contribution in [-0.2, 0) is 17.6 Å². The maximum absolute atomic E-state index is 11.1. The lowest BCUT2D eigenvalue weighted by Gasteiger charge is -2.15. The van der Waals surface area contributed by atoms with Gasteiger partial charge < -0.3 is 9.84 Å². The van der Waals surface area contributed by atoms with Crippen LogP contribution in [0.2, 0.25) is 0 Å². The smallest absolute Gasteiger partial charge is 0.341 e. The fourth-order valence-corrected chi connectivity index (χ4v) is 3.82. The summed E-state index contributed by atoms with van der Waals surface area (Å²) in [5.41, 5.74) is 5.70. The number of benzene rings is 2. The van der Waals surface area contributed by atoms with Gasteiger partial charge in [-0.1, -0.05) is 61.9 Å². The van der Waals surface area contributed by atoms with Crippen molar-refractivity contribution >= 4 is 5.97 Å². The topological polar surface area (TPSA) is 127 Å². The van der Waals surface area contributed by atoms with Crippen LogP contribution in [0.25, 0.3) is 22.5 Å². The molecule has 0 aliphatic rings. The Balaban J connectivity index is 1.64. The molecular formula is C25H26N6O3. The third-order valence-corrected chi connectivity index (χ3v) is 5.43. The molecule has 4 rings (SSSR count). The van der Waals surface area contributed by atoms with Crippen molar-refractivity contribution in [3.63, 3.8) is 0 Å². The van der Waals surface area contributed by atoms with Crippen LogP contribution < -0.4 is 4.74 Å². The fourth-order valence-electron chi connectivity index (χ4n) is 3.82. The molecule has 0 saturated carbocycles. The van der Waals surface area contributed by atoms with E-state index >= 15 is 0 Å². The number of unbranched alkanes of at least 4 members (excludes halogenated alkanes) is 1. The molecule has 0 saturated heterocycles. The van der Waals surface area contributed by atoms with E-state index in [1.54, 1.807) is 6.92 Å². The highest BCUT2D eigenvalue weighted by atomic mass is 16.5. The molecule has 9 heteroatoms. The highest BCUT2D eigenvalue weighted by Gasteiger charge is 2.17.